The Balaban J connectivity index is 2.40. The van der Waals surface area contributed by atoms with Crippen LogP contribution in [0.2, 0.25) is 0 Å². The molecular weight excluding hydrogens is 252 g/mol. The Morgan fingerprint density at radius 3 is 2.55 bits per heavy atom. The molecule has 1 aromatic heterocycles. The Hall–Kier alpha value is -1.49. The van der Waals surface area contributed by atoms with E-state index >= 15 is 0 Å². The van der Waals surface area contributed by atoms with Crippen LogP contribution in [-0.2, 0) is 9.47 Å². The van der Waals surface area contributed by atoms with Crippen LogP contribution in [0.3, 0.4) is 0 Å². The second-order valence-electron chi connectivity index (χ2n) is 4.78. The maximum atomic E-state index is 5.40. The van der Waals surface area contributed by atoms with E-state index in [9.17, 15) is 0 Å². The van der Waals surface area contributed by atoms with Crippen molar-refractivity contribution in [1.29, 1.82) is 0 Å². The predicted molar refractivity (Wildman–Crippen MR) is 80.7 cm³/mol. The summed E-state index contributed by atoms with van der Waals surface area (Å²) in [5.74, 6) is 0. The van der Waals surface area contributed by atoms with E-state index in [0.29, 0.717) is 0 Å². The molecule has 1 aromatic carbocycles. The summed E-state index contributed by atoms with van der Waals surface area (Å²) in [6, 6.07) is 10.4. The normalized spacial score (nSPS) is 13.1. The summed E-state index contributed by atoms with van der Waals surface area (Å²) < 4.78 is 10.8. The average Bonchev–Trinajstić information content (AvgIpc) is 2.47. The molecule has 1 unspecified atom stereocenters. The lowest BCUT2D eigenvalue weighted by Gasteiger charge is -2.26. The maximum Gasteiger partial charge on any atom is 0.176 e. The standard InChI is InChI=1S/C16H22N2O2/c1-5-17-15(16(19-3)20-4)13-8-9-14-12(10-13)7-6-11(2)18-14/h6-10,15-17H,5H2,1-4H3. The van der Waals surface area contributed by atoms with Crippen LogP contribution < -0.4 is 5.32 Å². The Kier molecular flexibility index (Phi) is 5.06. The molecule has 0 saturated heterocycles. The lowest BCUT2D eigenvalue weighted by molar-refractivity contribution is -0.123. The van der Waals surface area contributed by atoms with Gasteiger partial charge in [0.15, 0.2) is 6.29 Å². The van der Waals surface area contributed by atoms with Crippen LogP contribution in [-0.4, -0.2) is 32.0 Å². The molecule has 20 heavy (non-hydrogen) atoms. The van der Waals surface area contributed by atoms with E-state index in [1.807, 2.05) is 19.1 Å². The number of methoxy groups -OCH3 is 2. The van der Waals surface area contributed by atoms with E-state index in [4.69, 9.17) is 9.47 Å². The summed E-state index contributed by atoms with van der Waals surface area (Å²) in [6.07, 6.45) is -0.314. The Morgan fingerprint density at radius 2 is 1.90 bits per heavy atom. The van der Waals surface area contributed by atoms with Crippen molar-refractivity contribution in [3.63, 3.8) is 0 Å². The fourth-order valence-electron chi connectivity index (χ4n) is 2.40. The molecule has 0 amide bonds. The summed E-state index contributed by atoms with van der Waals surface area (Å²) in [5, 5.41) is 4.53. The zero-order chi connectivity index (χ0) is 14.5. The number of nitrogens with zero attached hydrogens (tertiary/aromatic N) is 1. The number of rotatable bonds is 6. The first-order valence-corrected chi connectivity index (χ1v) is 6.86. The number of nitrogens with one attached hydrogen (secondary N) is 1. The Bertz CT molecular complexity index is 567. The highest BCUT2D eigenvalue weighted by Gasteiger charge is 2.22. The highest BCUT2D eigenvalue weighted by atomic mass is 16.7. The molecule has 0 bridgehead atoms. The molecule has 2 aromatic rings. The minimum absolute atomic E-state index is 0.000651. The molecule has 108 valence electrons. The number of aromatic nitrogens is 1. The number of ether oxygens (including phenoxy) is 2. The van der Waals surface area contributed by atoms with Gasteiger partial charge >= 0.3 is 0 Å². The average molecular weight is 274 g/mol. The van der Waals surface area contributed by atoms with E-state index in [1.165, 1.54) is 0 Å². The van der Waals surface area contributed by atoms with Crippen LogP contribution in [0.1, 0.15) is 24.2 Å². The first-order valence-electron chi connectivity index (χ1n) is 6.86. The minimum atomic E-state index is -0.314. The smallest absolute Gasteiger partial charge is 0.176 e. The molecule has 1 N–H and O–H groups in total. The Labute approximate surface area is 120 Å². The van der Waals surface area contributed by atoms with Crippen LogP contribution in [0.4, 0.5) is 0 Å². The van der Waals surface area contributed by atoms with E-state index < -0.39 is 0 Å². The number of pyridine rings is 1. The topological polar surface area (TPSA) is 43.4 Å². The third-order valence-corrected chi connectivity index (χ3v) is 3.37. The van der Waals surface area contributed by atoms with Gasteiger partial charge in [-0.05, 0) is 37.2 Å². The molecule has 0 aliphatic rings. The third-order valence-electron chi connectivity index (χ3n) is 3.37. The van der Waals surface area contributed by atoms with Gasteiger partial charge in [-0.1, -0.05) is 19.1 Å². The van der Waals surface area contributed by atoms with E-state index in [0.717, 1.165) is 28.7 Å². The van der Waals surface area contributed by atoms with Gasteiger partial charge in [-0.3, -0.25) is 4.98 Å². The van der Waals surface area contributed by atoms with Gasteiger partial charge in [0.25, 0.3) is 0 Å². The van der Waals surface area contributed by atoms with Gasteiger partial charge in [0.1, 0.15) is 0 Å². The minimum Gasteiger partial charge on any atom is -0.354 e. The molecule has 0 fully saturated rings. The second kappa shape index (κ2) is 6.79. The molecule has 0 spiro atoms. The van der Waals surface area contributed by atoms with Crippen molar-refractivity contribution >= 4 is 10.9 Å². The number of aryl methyl sites for hydroxylation is 1. The quantitative estimate of drug-likeness (QED) is 0.823. The molecule has 4 heteroatoms. The molecule has 0 saturated carbocycles. The molecule has 0 radical (unpaired) electrons. The lowest BCUT2D eigenvalue weighted by Crippen LogP contribution is -2.34. The monoisotopic (exact) mass is 274 g/mol. The molecule has 4 nitrogen and oxygen atoms in total. The molecule has 1 heterocycles. The van der Waals surface area contributed by atoms with Crippen LogP contribution >= 0.6 is 0 Å². The van der Waals surface area contributed by atoms with Crippen molar-refractivity contribution in [2.75, 3.05) is 20.8 Å². The van der Waals surface area contributed by atoms with Crippen molar-refractivity contribution in [1.82, 2.24) is 10.3 Å². The highest BCUT2D eigenvalue weighted by molar-refractivity contribution is 5.79. The van der Waals surface area contributed by atoms with Crippen molar-refractivity contribution < 1.29 is 9.47 Å². The summed E-state index contributed by atoms with van der Waals surface area (Å²) in [7, 11) is 3.31. The summed E-state index contributed by atoms with van der Waals surface area (Å²) in [4.78, 5) is 4.52. The summed E-state index contributed by atoms with van der Waals surface area (Å²) in [6.45, 7) is 4.92. The largest absolute Gasteiger partial charge is 0.354 e. The van der Waals surface area contributed by atoms with Crippen LogP contribution in [0.5, 0.6) is 0 Å². The maximum absolute atomic E-state index is 5.40. The number of likely N-dealkylation sites (N-methyl/N-ethyl adjacent to an activating group) is 1. The lowest BCUT2D eigenvalue weighted by atomic mass is 10.0. The number of benzene rings is 1. The van der Waals surface area contributed by atoms with Gasteiger partial charge in [0.2, 0.25) is 0 Å². The van der Waals surface area contributed by atoms with E-state index in [1.54, 1.807) is 14.2 Å². The summed E-state index contributed by atoms with van der Waals surface area (Å²) in [5.41, 5.74) is 3.18. The first kappa shape index (κ1) is 14.9. The third kappa shape index (κ3) is 3.15. The predicted octanol–water partition coefficient (Wildman–Crippen LogP) is 2.81. The van der Waals surface area contributed by atoms with Gasteiger partial charge in [-0.25, -0.2) is 0 Å². The van der Waals surface area contributed by atoms with Crippen LogP contribution in [0.15, 0.2) is 30.3 Å². The SMILES string of the molecule is CCNC(c1ccc2nc(C)ccc2c1)C(OC)OC. The van der Waals surface area contributed by atoms with Gasteiger partial charge in [-0.15, -0.1) is 0 Å². The highest BCUT2D eigenvalue weighted by Crippen LogP contribution is 2.23. The van der Waals surface area contributed by atoms with Gasteiger partial charge in [0, 0.05) is 25.3 Å². The molecule has 0 aliphatic heterocycles. The van der Waals surface area contributed by atoms with Crippen molar-refractivity contribution in [2.24, 2.45) is 0 Å². The Morgan fingerprint density at radius 1 is 1.15 bits per heavy atom. The van der Waals surface area contributed by atoms with Gasteiger partial charge < -0.3 is 14.8 Å². The van der Waals surface area contributed by atoms with Gasteiger partial charge in [0.05, 0.1) is 11.6 Å². The van der Waals surface area contributed by atoms with Crippen LogP contribution in [0, 0.1) is 6.92 Å². The number of hydrogen-bond acceptors (Lipinski definition) is 4. The van der Waals surface area contributed by atoms with Crippen molar-refractivity contribution in [3.05, 3.63) is 41.6 Å². The van der Waals surface area contributed by atoms with Gasteiger partial charge in [-0.2, -0.15) is 0 Å². The second-order valence-corrected chi connectivity index (χ2v) is 4.78. The molecule has 2 rings (SSSR count). The van der Waals surface area contributed by atoms with E-state index in [-0.39, 0.29) is 12.3 Å². The fourth-order valence-corrected chi connectivity index (χ4v) is 2.40. The fraction of sp³-hybridized carbons (Fsp3) is 0.438. The van der Waals surface area contributed by atoms with Crippen molar-refractivity contribution in [2.45, 2.75) is 26.2 Å². The summed E-state index contributed by atoms with van der Waals surface area (Å²) >= 11 is 0. The number of hydrogen-bond donors (Lipinski definition) is 1. The molecular formula is C16H22N2O2. The molecule has 0 aliphatic carbocycles. The van der Waals surface area contributed by atoms with Crippen molar-refractivity contribution in [3.8, 4) is 0 Å². The number of fused-ring (bicyclic) bond motifs is 1. The van der Waals surface area contributed by atoms with Crippen LogP contribution in [0.25, 0.3) is 10.9 Å². The zero-order valence-electron chi connectivity index (χ0n) is 12.5. The molecule has 1 atom stereocenters. The zero-order valence-corrected chi connectivity index (χ0v) is 12.5. The van der Waals surface area contributed by atoms with E-state index in [2.05, 4.69) is 35.4 Å². The first-order chi connectivity index (χ1) is 9.69.